The van der Waals surface area contributed by atoms with E-state index < -0.39 is 0 Å². The minimum Gasteiger partial charge on any atom is -0.493 e. The van der Waals surface area contributed by atoms with Crippen LogP contribution in [-0.4, -0.2) is 30.1 Å². The van der Waals surface area contributed by atoms with E-state index >= 15 is 0 Å². The van der Waals surface area contributed by atoms with Gasteiger partial charge < -0.3 is 15.0 Å². The van der Waals surface area contributed by atoms with Gasteiger partial charge in [0, 0.05) is 23.5 Å². The average Bonchev–Trinajstić information content (AvgIpc) is 2.84. The largest absolute Gasteiger partial charge is 0.493 e. The minimum absolute atomic E-state index is 0.121. The fourth-order valence-corrected chi connectivity index (χ4v) is 3.47. The van der Waals surface area contributed by atoms with E-state index in [1.54, 1.807) is 47.4 Å². The number of para-hydroxylation sites is 2. The highest BCUT2D eigenvalue weighted by Gasteiger charge is 2.17. The summed E-state index contributed by atoms with van der Waals surface area (Å²) in [5.74, 6) is 0.0183. The van der Waals surface area contributed by atoms with Crippen molar-refractivity contribution in [3.8, 4) is 5.75 Å². The first-order valence-electron chi connectivity index (χ1n) is 10.8. The Morgan fingerprint density at radius 1 is 0.939 bits per heavy atom. The maximum Gasteiger partial charge on any atom is 0.261 e. The van der Waals surface area contributed by atoms with Gasteiger partial charge in [-0.05, 0) is 68.0 Å². The van der Waals surface area contributed by atoms with E-state index in [-0.39, 0.29) is 16.9 Å². The number of nitrogens with zero attached hydrogens (tertiary/aromatic N) is 1. The number of amides is 2. The Kier molecular flexibility index (Phi) is 8.55. The Balaban J connectivity index is 1.68. The molecule has 0 spiro atoms. The first kappa shape index (κ1) is 23.9. The molecule has 0 saturated heterocycles. The van der Waals surface area contributed by atoms with E-state index in [9.17, 15) is 9.59 Å². The smallest absolute Gasteiger partial charge is 0.261 e. The van der Waals surface area contributed by atoms with Crippen LogP contribution in [0, 0.1) is 0 Å². The van der Waals surface area contributed by atoms with E-state index in [4.69, 9.17) is 17.0 Å². The van der Waals surface area contributed by atoms with Gasteiger partial charge in [0.2, 0.25) is 0 Å². The molecule has 0 saturated carbocycles. The standard InChI is InChI=1S/C26H27N3O3S/c1-3-17-32-23-16-9-8-15-22(23)24(30)28-26(33)27-20-12-10-11-19(18-20)25(31)29(4-2)21-13-6-5-7-14-21/h5-16,18H,3-4,17H2,1-2H3,(H2,27,28,30,33). The van der Waals surface area contributed by atoms with Crippen molar-refractivity contribution in [3.05, 3.63) is 90.0 Å². The second-order valence-corrected chi connectivity index (χ2v) is 7.63. The number of thiocarbonyl (C=S) groups is 1. The number of anilines is 2. The molecule has 3 rings (SSSR count). The lowest BCUT2D eigenvalue weighted by Gasteiger charge is -2.21. The predicted molar refractivity (Wildman–Crippen MR) is 136 cm³/mol. The summed E-state index contributed by atoms with van der Waals surface area (Å²) in [6.07, 6.45) is 0.838. The third-order valence-corrected chi connectivity index (χ3v) is 5.02. The Labute approximate surface area is 199 Å². The van der Waals surface area contributed by atoms with Crippen molar-refractivity contribution < 1.29 is 14.3 Å². The topological polar surface area (TPSA) is 70.7 Å². The van der Waals surface area contributed by atoms with E-state index in [2.05, 4.69) is 10.6 Å². The summed E-state index contributed by atoms with van der Waals surface area (Å²) in [4.78, 5) is 27.5. The summed E-state index contributed by atoms with van der Waals surface area (Å²) in [5, 5.41) is 5.79. The van der Waals surface area contributed by atoms with Crippen LogP contribution in [0.1, 0.15) is 41.0 Å². The van der Waals surface area contributed by atoms with E-state index in [1.807, 2.05) is 50.2 Å². The number of ether oxygens (including phenoxy) is 1. The molecule has 0 aliphatic heterocycles. The van der Waals surface area contributed by atoms with Gasteiger partial charge >= 0.3 is 0 Å². The van der Waals surface area contributed by atoms with Gasteiger partial charge in [-0.25, -0.2) is 0 Å². The Morgan fingerprint density at radius 3 is 2.39 bits per heavy atom. The Morgan fingerprint density at radius 2 is 1.67 bits per heavy atom. The van der Waals surface area contributed by atoms with Crippen molar-refractivity contribution in [3.63, 3.8) is 0 Å². The molecule has 2 N–H and O–H groups in total. The van der Waals surface area contributed by atoms with Gasteiger partial charge in [0.05, 0.1) is 12.2 Å². The first-order valence-corrected chi connectivity index (χ1v) is 11.3. The number of carbonyl (C=O) groups is 2. The summed E-state index contributed by atoms with van der Waals surface area (Å²) < 4.78 is 5.65. The van der Waals surface area contributed by atoms with Crippen molar-refractivity contribution in [1.29, 1.82) is 0 Å². The predicted octanol–water partition coefficient (Wildman–Crippen LogP) is 5.27. The van der Waals surface area contributed by atoms with Crippen LogP contribution in [0.25, 0.3) is 0 Å². The third kappa shape index (κ3) is 6.40. The van der Waals surface area contributed by atoms with E-state index in [0.29, 0.717) is 35.7 Å². The second-order valence-electron chi connectivity index (χ2n) is 7.22. The molecular weight excluding hydrogens is 434 g/mol. The lowest BCUT2D eigenvalue weighted by Crippen LogP contribution is -2.34. The van der Waals surface area contributed by atoms with Crippen molar-refractivity contribution in [2.24, 2.45) is 0 Å². The van der Waals surface area contributed by atoms with Crippen LogP contribution in [0.3, 0.4) is 0 Å². The maximum absolute atomic E-state index is 13.1. The lowest BCUT2D eigenvalue weighted by molar-refractivity contribution is 0.0969. The van der Waals surface area contributed by atoms with Gasteiger partial charge in [-0.15, -0.1) is 0 Å². The molecule has 0 aliphatic carbocycles. The number of benzene rings is 3. The molecule has 2 amide bonds. The van der Waals surface area contributed by atoms with Crippen LogP contribution in [0.15, 0.2) is 78.9 Å². The van der Waals surface area contributed by atoms with Gasteiger partial charge in [-0.1, -0.05) is 43.3 Å². The summed E-state index contributed by atoms with van der Waals surface area (Å²) in [5.41, 5.74) is 2.35. The summed E-state index contributed by atoms with van der Waals surface area (Å²) in [6, 6.07) is 23.6. The van der Waals surface area contributed by atoms with Crippen LogP contribution in [0.2, 0.25) is 0 Å². The molecule has 6 nitrogen and oxygen atoms in total. The van der Waals surface area contributed by atoms with Crippen LogP contribution in [-0.2, 0) is 0 Å². The molecule has 170 valence electrons. The normalized spacial score (nSPS) is 10.2. The molecule has 33 heavy (non-hydrogen) atoms. The van der Waals surface area contributed by atoms with Crippen LogP contribution < -0.4 is 20.3 Å². The monoisotopic (exact) mass is 461 g/mol. The molecule has 7 heteroatoms. The zero-order valence-electron chi connectivity index (χ0n) is 18.7. The van der Waals surface area contributed by atoms with Crippen molar-refractivity contribution in [2.75, 3.05) is 23.4 Å². The fourth-order valence-electron chi connectivity index (χ4n) is 3.26. The van der Waals surface area contributed by atoms with Gasteiger partial charge in [0.1, 0.15) is 5.75 Å². The SMILES string of the molecule is CCCOc1ccccc1C(=O)NC(=S)Nc1cccc(C(=O)N(CC)c2ccccc2)c1. The summed E-state index contributed by atoms with van der Waals surface area (Å²) in [6.45, 7) is 4.99. The van der Waals surface area contributed by atoms with Crippen LogP contribution in [0.4, 0.5) is 11.4 Å². The molecule has 0 bridgehead atoms. The average molecular weight is 462 g/mol. The fraction of sp³-hybridized carbons (Fsp3) is 0.192. The molecule has 0 radical (unpaired) electrons. The number of hydrogen-bond donors (Lipinski definition) is 2. The zero-order chi connectivity index (χ0) is 23.6. The zero-order valence-corrected chi connectivity index (χ0v) is 19.5. The Hall–Kier alpha value is -3.71. The van der Waals surface area contributed by atoms with Gasteiger partial charge in [0.25, 0.3) is 11.8 Å². The molecule has 0 aromatic heterocycles. The summed E-state index contributed by atoms with van der Waals surface area (Å²) in [7, 11) is 0. The number of rotatable bonds is 8. The quantitative estimate of drug-likeness (QED) is 0.447. The maximum atomic E-state index is 13.1. The third-order valence-electron chi connectivity index (χ3n) is 4.82. The number of nitrogens with one attached hydrogen (secondary N) is 2. The molecule has 0 aliphatic rings. The van der Waals surface area contributed by atoms with Crippen molar-refractivity contribution >= 4 is 40.5 Å². The minimum atomic E-state index is -0.368. The first-order chi connectivity index (χ1) is 16.0. The van der Waals surface area contributed by atoms with Crippen LogP contribution in [0.5, 0.6) is 5.75 Å². The highest BCUT2D eigenvalue weighted by atomic mass is 32.1. The van der Waals surface area contributed by atoms with Gasteiger partial charge in [-0.3, -0.25) is 14.9 Å². The molecule has 0 atom stereocenters. The highest BCUT2D eigenvalue weighted by Crippen LogP contribution is 2.20. The summed E-state index contributed by atoms with van der Waals surface area (Å²) >= 11 is 5.32. The number of hydrogen-bond acceptors (Lipinski definition) is 4. The molecule has 0 unspecified atom stereocenters. The molecule has 0 heterocycles. The Bertz CT molecular complexity index is 1120. The van der Waals surface area contributed by atoms with Crippen molar-refractivity contribution in [1.82, 2.24) is 5.32 Å². The molecule has 3 aromatic rings. The van der Waals surface area contributed by atoms with Gasteiger partial charge in [-0.2, -0.15) is 0 Å². The van der Waals surface area contributed by atoms with E-state index in [1.165, 1.54) is 0 Å². The molecule has 3 aromatic carbocycles. The molecule has 0 fully saturated rings. The highest BCUT2D eigenvalue weighted by molar-refractivity contribution is 7.80. The lowest BCUT2D eigenvalue weighted by atomic mass is 10.1. The van der Waals surface area contributed by atoms with Crippen molar-refractivity contribution in [2.45, 2.75) is 20.3 Å². The second kappa shape index (κ2) is 11.8. The number of carbonyl (C=O) groups excluding carboxylic acids is 2. The van der Waals surface area contributed by atoms with Gasteiger partial charge in [0.15, 0.2) is 5.11 Å². The molecular formula is C26H27N3O3S. The van der Waals surface area contributed by atoms with Crippen LogP contribution >= 0.6 is 12.2 Å². The van der Waals surface area contributed by atoms with E-state index in [0.717, 1.165) is 12.1 Å².